The van der Waals surface area contributed by atoms with Gasteiger partial charge in [-0.05, 0) is 26.0 Å². The third-order valence-corrected chi connectivity index (χ3v) is 3.05. The lowest BCUT2D eigenvalue weighted by Gasteiger charge is -2.23. The van der Waals surface area contributed by atoms with E-state index >= 15 is 0 Å². The first-order valence-corrected chi connectivity index (χ1v) is 6.64. The van der Waals surface area contributed by atoms with E-state index in [2.05, 4.69) is 42.2 Å². The Morgan fingerprint density at radius 1 is 1.26 bits per heavy atom. The summed E-state index contributed by atoms with van der Waals surface area (Å²) in [5, 5.41) is 13.6. The van der Waals surface area contributed by atoms with Gasteiger partial charge in [-0.2, -0.15) is 5.10 Å². The molecule has 2 rings (SSSR count). The van der Waals surface area contributed by atoms with Gasteiger partial charge >= 0.3 is 0 Å². The minimum absolute atomic E-state index is 0.146. The van der Waals surface area contributed by atoms with Gasteiger partial charge in [-0.3, -0.25) is 4.68 Å². The van der Waals surface area contributed by atoms with E-state index in [1.807, 2.05) is 29.1 Å². The Bertz CT molecular complexity index is 493. The van der Waals surface area contributed by atoms with Gasteiger partial charge < -0.3 is 10.0 Å². The SMILES string of the molecule is CC(C)n1cc(CN(CCO)c2ccccc2)cn1. The normalized spacial score (nSPS) is 10.9. The molecule has 0 spiro atoms. The van der Waals surface area contributed by atoms with Crippen molar-refractivity contribution in [1.82, 2.24) is 9.78 Å². The van der Waals surface area contributed by atoms with Crippen LogP contribution in [-0.2, 0) is 6.54 Å². The number of para-hydroxylation sites is 1. The summed E-state index contributed by atoms with van der Waals surface area (Å²) in [6.07, 6.45) is 3.96. The predicted molar refractivity (Wildman–Crippen MR) is 77.2 cm³/mol. The van der Waals surface area contributed by atoms with Crippen LogP contribution in [0.25, 0.3) is 0 Å². The van der Waals surface area contributed by atoms with Crippen molar-refractivity contribution in [3.63, 3.8) is 0 Å². The van der Waals surface area contributed by atoms with E-state index in [4.69, 9.17) is 0 Å². The minimum Gasteiger partial charge on any atom is -0.395 e. The van der Waals surface area contributed by atoms with Crippen LogP contribution in [0.2, 0.25) is 0 Å². The molecule has 1 N–H and O–H groups in total. The lowest BCUT2D eigenvalue weighted by atomic mass is 10.2. The zero-order valence-corrected chi connectivity index (χ0v) is 11.5. The molecular weight excluding hydrogens is 238 g/mol. The van der Waals surface area contributed by atoms with E-state index in [0.29, 0.717) is 12.6 Å². The zero-order chi connectivity index (χ0) is 13.7. The Hall–Kier alpha value is -1.81. The molecule has 0 aliphatic carbocycles. The van der Waals surface area contributed by atoms with Crippen LogP contribution in [0, 0.1) is 0 Å². The van der Waals surface area contributed by atoms with E-state index in [1.54, 1.807) is 0 Å². The number of anilines is 1. The van der Waals surface area contributed by atoms with Crippen molar-refractivity contribution in [1.29, 1.82) is 0 Å². The van der Waals surface area contributed by atoms with Crippen molar-refractivity contribution >= 4 is 5.69 Å². The maximum atomic E-state index is 9.21. The van der Waals surface area contributed by atoms with Gasteiger partial charge in [0.15, 0.2) is 0 Å². The molecule has 0 saturated carbocycles. The van der Waals surface area contributed by atoms with Crippen LogP contribution in [-0.4, -0.2) is 28.0 Å². The van der Waals surface area contributed by atoms with E-state index in [0.717, 1.165) is 17.8 Å². The van der Waals surface area contributed by atoms with Crippen LogP contribution in [0.4, 0.5) is 5.69 Å². The Morgan fingerprint density at radius 2 is 2.00 bits per heavy atom. The summed E-state index contributed by atoms with van der Waals surface area (Å²) in [6.45, 7) is 5.75. The second-order valence-corrected chi connectivity index (χ2v) is 4.90. The maximum Gasteiger partial charge on any atom is 0.0606 e. The van der Waals surface area contributed by atoms with Gasteiger partial charge in [-0.1, -0.05) is 18.2 Å². The summed E-state index contributed by atoms with van der Waals surface area (Å²) in [5.41, 5.74) is 2.28. The predicted octanol–water partition coefficient (Wildman–Crippen LogP) is 2.46. The molecule has 2 aromatic rings. The average molecular weight is 259 g/mol. The number of aliphatic hydroxyl groups excluding tert-OH is 1. The summed E-state index contributed by atoms with van der Waals surface area (Å²) < 4.78 is 1.96. The van der Waals surface area contributed by atoms with Crippen LogP contribution in [0.1, 0.15) is 25.5 Å². The van der Waals surface area contributed by atoms with Crippen LogP contribution in [0.5, 0.6) is 0 Å². The summed E-state index contributed by atoms with van der Waals surface area (Å²) in [7, 11) is 0. The number of rotatable bonds is 6. The fourth-order valence-corrected chi connectivity index (χ4v) is 2.02. The van der Waals surface area contributed by atoms with Crippen LogP contribution in [0.3, 0.4) is 0 Å². The summed E-state index contributed by atoms with van der Waals surface area (Å²) in [4.78, 5) is 2.15. The number of benzene rings is 1. The summed E-state index contributed by atoms with van der Waals surface area (Å²) in [6, 6.07) is 10.5. The molecule has 0 amide bonds. The number of aromatic nitrogens is 2. The highest BCUT2D eigenvalue weighted by Crippen LogP contribution is 2.16. The zero-order valence-electron chi connectivity index (χ0n) is 11.5. The van der Waals surface area contributed by atoms with Crippen molar-refractivity contribution in [2.75, 3.05) is 18.1 Å². The van der Waals surface area contributed by atoms with Crippen LogP contribution in [0.15, 0.2) is 42.7 Å². The molecule has 0 atom stereocenters. The highest BCUT2D eigenvalue weighted by Gasteiger charge is 2.09. The van der Waals surface area contributed by atoms with E-state index in [-0.39, 0.29) is 6.61 Å². The molecule has 0 fully saturated rings. The van der Waals surface area contributed by atoms with Gasteiger partial charge in [-0.15, -0.1) is 0 Å². The average Bonchev–Trinajstić information content (AvgIpc) is 2.88. The molecule has 0 saturated heterocycles. The Labute approximate surface area is 114 Å². The molecule has 1 aromatic carbocycles. The molecular formula is C15H21N3O. The van der Waals surface area contributed by atoms with Gasteiger partial charge in [0, 0.05) is 36.6 Å². The Kier molecular flexibility index (Phi) is 4.58. The second-order valence-electron chi connectivity index (χ2n) is 4.90. The van der Waals surface area contributed by atoms with Crippen molar-refractivity contribution in [3.05, 3.63) is 48.3 Å². The molecule has 0 bridgehead atoms. The quantitative estimate of drug-likeness (QED) is 0.866. The van der Waals surface area contributed by atoms with Crippen molar-refractivity contribution in [2.45, 2.75) is 26.4 Å². The molecule has 1 aromatic heterocycles. The Balaban J connectivity index is 2.12. The van der Waals surface area contributed by atoms with Crippen molar-refractivity contribution < 1.29 is 5.11 Å². The third-order valence-electron chi connectivity index (χ3n) is 3.05. The van der Waals surface area contributed by atoms with Crippen molar-refractivity contribution in [3.8, 4) is 0 Å². The van der Waals surface area contributed by atoms with Gasteiger partial charge in [0.25, 0.3) is 0 Å². The molecule has 4 nitrogen and oxygen atoms in total. The van der Waals surface area contributed by atoms with Crippen molar-refractivity contribution in [2.24, 2.45) is 0 Å². The second kappa shape index (κ2) is 6.38. The number of hydrogen-bond acceptors (Lipinski definition) is 3. The van der Waals surface area contributed by atoms with Gasteiger partial charge in [0.2, 0.25) is 0 Å². The summed E-state index contributed by atoms with van der Waals surface area (Å²) >= 11 is 0. The lowest BCUT2D eigenvalue weighted by molar-refractivity contribution is 0.301. The minimum atomic E-state index is 0.146. The largest absolute Gasteiger partial charge is 0.395 e. The number of nitrogens with zero attached hydrogens (tertiary/aromatic N) is 3. The van der Waals surface area contributed by atoms with Gasteiger partial charge in [-0.25, -0.2) is 0 Å². The first-order chi connectivity index (χ1) is 9.20. The highest BCUT2D eigenvalue weighted by molar-refractivity contribution is 5.46. The molecule has 0 aliphatic rings. The third kappa shape index (κ3) is 3.58. The van der Waals surface area contributed by atoms with E-state index in [1.165, 1.54) is 0 Å². The van der Waals surface area contributed by atoms with E-state index < -0.39 is 0 Å². The topological polar surface area (TPSA) is 41.3 Å². The lowest BCUT2D eigenvalue weighted by Crippen LogP contribution is -2.25. The molecule has 102 valence electrons. The standard InChI is InChI=1S/C15H21N3O/c1-13(2)18-12-14(10-16-18)11-17(8-9-19)15-6-4-3-5-7-15/h3-7,10,12-13,19H,8-9,11H2,1-2H3. The molecule has 0 unspecified atom stereocenters. The highest BCUT2D eigenvalue weighted by atomic mass is 16.3. The molecule has 0 radical (unpaired) electrons. The fourth-order valence-electron chi connectivity index (χ4n) is 2.02. The monoisotopic (exact) mass is 259 g/mol. The maximum absolute atomic E-state index is 9.21. The van der Waals surface area contributed by atoms with Crippen LogP contribution < -0.4 is 4.90 Å². The first-order valence-electron chi connectivity index (χ1n) is 6.64. The van der Waals surface area contributed by atoms with Gasteiger partial charge in [0.05, 0.1) is 12.8 Å². The first kappa shape index (κ1) is 13.6. The molecule has 4 heteroatoms. The van der Waals surface area contributed by atoms with E-state index in [9.17, 15) is 5.11 Å². The Morgan fingerprint density at radius 3 is 2.58 bits per heavy atom. The number of aliphatic hydroxyl groups is 1. The number of hydrogen-bond donors (Lipinski definition) is 1. The molecule has 1 heterocycles. The fraction of sp³-hybridized carbons (Fsp3) is 0.400. The molecule has 0 aliphatic heterocycles. The summed E-state index contributed by atoms with van der Waals surface area (Å²) in [5.74, 6) is 0. The molecule has 19 heavy (non-hydrogen) atoms. The van der Waals surface area contributed by atoms with Crippen LogP contribution >= 0.6 is 0 Å². The smallest absolute Gasteiger partial charge is 0.0606 e. The van der Waals surface area contributed by atoms with Gasteiger partial charge in [0.1, 0.15) is 0 Å².